The van der Waals surface area contributed by atoms with Crippen LogP contribution in [0, 0.1) is 13.8 Å². The van der Waals surface area contributed by atoms with Gasteiger partial charge in [-0.15, -0.1) is 0 Å². The van der Waals surface area contributed by atoms with Crippen LogP contribution in [-0.4, -0.2) is 19.4 Å². The van der Waals surface area contributed by atoms with E-state index in [1.54, 1.807) is 0 Å². The van der Waals surface area contributed by atoms with Gasteiger partial charge in [0.05, 0.1) is 12.6 Å². The molecule has 5 heteroatoms. The number of ether oxygens (including phenoxy) is 2. The van der Waals surface area contributed by atoms with Crippen molar-refractivity contribution in [2.45, 2.75) is 59.9 Å². The van der Waals surface area contributed by atoms with Crippen LogP contribution in [-0.2, 0) is 5.41 Å². The number of urea groups is 1. The van der Waals surface area contributed by atoms with Gasteiger partial charge in [0.25, 0.3) is 0 Å². The monoisotopic (exact) mass is 398 g/mol. The highest BCUT2D eigenvalue weighted by Gasteiger charge is 2.19. The number of carbonyl (C=O) groups excluding carboxylic acids is 1. The summed E-state index contributed by atoms with van der Waals surface area (Å²) >= 11 is 0. The number of nitrogens with one attached hydrogen (secondary N) is 2. The van der Waals surface area contributed by atoms with Crippen molar-refractivity contribution in [1.29, 1.82) is 0 Å². The summed E-state index contributed by atoms with van der Waals surface area (Å²) in [6.45, 7) is 15.1. The van der Waals surface area contributed by atoms with Gasteiger partial charge in [-0.3, -0.25) is 0 Å². The third kappa shape index (κ3) is 6.41. The number of aryl methyl sites for hydroxylation is 2. The van der Waals surface area contributed by atoms with Crippen LogP contribution in [0.1, 0.15) is 62.9 Å². The number of rotatable bonds is 7. The molecule has 2 aromatic carbocycles. The molecular weight excluding hydrogens is 364 g/mol. The van der Waals surface area contributed by atoms with Crippen LogP contribution in [0.25, 0.3) is 0 Å². The van der Waals surface area contributed by atoms with Gasteiger partial charge in [-0.25, -0.2) is 4.79 Å². The zero-order chi connectivity index (χ0) is 21.6. The molecule has 0 aliphatic rings. The summed E-state index contributed by atoms with van der Waals surface area (Å²) < 4.78 is 11.6. The van der Waals surface area contributed by atoms with E-state index in [4.69, 9.17) is 9.47 Å². The largest absolute Gasteiger partial charge is 0.494 e. The molecule has 2 amide bonds. The first-order valence-corrected chi connectivity index (χ1v) is 10.1. The van der Waals surface area contributed by atoms with E-state index in [0.29, 0.717) is 6.61 Å². The molecule has 1 unspecified atom stereocenters. The fraction of sp³-hybridized carbons (Fsp3) is 0.458. The van der Waals surface area contributed by atoms with Crippen LogP contribution < -0.4 is 20.1 Å². The molecule has 29 heavy (non-hydrogen) atoms. The van der Waals surface area contributed by atoms with Crippen molar-refractivity contribution in [1.82, 2.24) is 10.6 Å². The second-order valence-corrected chi connectivity index (χ2v) is 8.38. The first kappa shape index (κ1) is 22.6. The Balaban J connectivity index is 1.97. The number of carbonyl (C=O) groups is 1. The third-order valence-corrected chi connectivity index (χ3v) is 4.68. The fourth-order valence-corrected chi connectivity index (χ4v) is 3.15. The van der Waals surface area contributed by atoms with Crippen molar-refractivity contribution in [3.8, 4) is 11.5 Å². The predicted octanol–water partition coefficient (Wildman–Crippen LogP) is 5.40. The van der Waals surface area contributed by atoms with Gasteiger partial charge in [0.15, 0.2) is 6.73 Å². The van der Waals surface area contributed by atoms with Crippen molar-refractivity contribution in [3.05, 3.63) is 58.7 Å². The average molecular weight is 399 g/mol. The Labute approximate surface area is 174 Å². The SMILES string of the molecule is CCOc1ccc(C)cc1C(C)NC(=O)NCOc1ccc(C)cc1C(C)(C)C. The highest BCUT2D eigenvalue weighted by atomic mass is 16.5. The Morgan fingerprint density at radius 2 is 1.62 bits per heavy atom. The van der Waals surface area contributed by atoms with E-state index in [0.717, 1.165) is 28.2 Å². The van der Waals surface area contributed by atoms with Crippen molar-refractivity contribution in [3.63, 3.8) is 0 Å². The van der Waals surface area contributed by atoms with Gasteiger partial charge in [-0.1, -0.05) is 56.2 Å². The standard InChI is InChI=1S/C24H34N2O3/c1-8-28-21-11-9-16(2)13-19(21)18(4)26-23(27)25-15-29-22-12-10-17(3)14-20(22)24(5,6)7/h9-14,18H,8,15H2,1-7H3,(H2,25,26,27). The molecule has 0 saturated heterocycles. The zero-order valence-corrected chi connectivity index (χ0v) is 18.7. The van der Waals surface area contributed by atoms with Crippen LogP contribution in [0.15, 0.2) is 36.4 Å². The topological polar surface area (TPSA) is 59.6 Å². The summed E-state index contributed by atoms with van der Waals surface area (Å²) in [6.07, 6.45) is 0. The lowest BCUT2D eigenvalue weighted by Gasteiger charge is -2.24. The lowest BCUT2D eigenvalue weighted by molar-refractivity contribution is 0.220. The quantitative estimate of drug-likeness (QED) is 0.614. The average Bonchev–Trinajstić information content (AvgIpc) is 2.63. The third-order valence-electron chi connectivity index (χ3n) is 4.68. The van der Waals surface area contributed by atoms with Crippen LogP contribution in [0.2, 0.25) is 0 Å². The molecule has 0 fully saturated rings. The molecule has 0 radical (unpaired) electrons. The Hall–Kier alpha value is -2.69. The molecule has 1 atom stereocenters. The van der Waals surface area contributed by atoms with Gasteiger partial charge in [-0.05, 0) is 50.8 Å². The molecule has 0 bridgehead atoms. The summed E-state index contributed by atoms with van der Waals surface area (Å²) in [4.78, 5) is 12.4. The molecule has 0 aliphatic carbocycles. The normalized spacial score (nSPS) is 12.2. The maximum absolute atomic E-state index is 12.4. The van der Waals surface area contributed by atoms with E-state index >= 15 is 0 Å². The summed E-state index contributed by atoms with van der Waals surface area (Å²) in [6, 6.07) is 11.6. The van der Waals surface area contributed by atoms with Crippen molar-refractivity contribution in [2.24, 2.45) is 0 Å². The maximum atomic E-state index is 12.4. The lowest BCUT2D eigenvalue weighted by Crippen LogP contribution is -2.39. The fourth-order valence-electron chi connectivity index (χ4n) is 3.15. The summed E-state index contributed by atoms with van der Waals surface area (Å²) in [5.41, 5.74) is 4.34. The van der Waals surface area contributed by atoms with Gasteiger partial charge in [0.2, 0.25) is 0 Å². The van der Waals surface area contributed by atoms with E-state index in [-0.39, 0.29) is 24.2 Å². The highest BCUT2D eigenvalue weighted by molar-refractivity contribution is 5.74. The molecule has 0 aliphatic heterocycles. The maximum Gasteiger partial charge on any atom is 0.317 e. The highest BCUT2D eigenvalue weighted by Crippen LogP contribution is 2.32. The minimum Gasteiger partial charge on any atom is -0.494 e. The van der Waals surface area contributed by atoms with E-state index in [9.17, 15) is 4.79 Å². The molecule has 0 spiro atoms. The van der Waals surface area contributed by atoms with E-state index in [1.165, 1.54) is 5.56 Å². The van der Waals surface area contributed by atoms with Gasteiger partial charge in [0, 0.05) is 5.56 Å². The van der Waals surface area contributed by atoms with E-state index in [1.807, 2.05) is 51.1 Å². The first-order valence-electron chi connectivity index (χ1n) is 10.1. The summed E-state index contributed by atoms with van der Waals surface area (Å²) in [5, 5.41) is 5.73. The van der Waals surface area contributed by atoms with Crippen LogP contribution in [0.5, 0.6) is 11.5 Å². The van der Waals surface area contributed by atoms with Gasteiger partial charge in [0.1, 0.15) is 11.5 Å². The van der Waals surface area contributed by atoms with Crippen LogP contribution in [0.4, 0.5) is 4.79 Å². The van der Waals surface area contributed by atoms with Gasteiger partial charge < -0.3 is 20.1 Å². The smallest absolute Gasteiger partial charge is 0.317 e. The zero-order valence-electron chi connectivity index (χ0n) is 18.7. The second-order valence-electron chi connectivity index (χ2n) is 8.38. The molecule has 0 saturated carbocycles. The van der Waals surface area contributed by atoms with Crippen LogP contribution in [0.3, 0.4) is 0 Å². The number of benzene rings is 2. The minimum absolute atomic E-state index is 0.0427. The molecular formula is C24H34N2O3. The van der Waals surface area contributed by atoms with Gasteiger partial charge in [-0.2, -0.15) is 0 Å². The second kappa shape index (κ2) is 9.68. The number of hydrogen-bond acceptors (Lipinski definition) is 3. The van der Waals surface area contributed by atoms with E-state index in [2.05, 4.69) is 44.4 Å². The molecule has 2 rings (SSSR count). The van der Waals surface area contributed by atoms with Gasteiger partial charge >= 0.3 is 6.03 Å². The minimum atomic E-state index is -0.286. The van der Waals surface area contributed by atoms with Crippen molar-refractivity contribution in [2.75, 3.05) is 13.3 Å². The van der Waals surface area contributed by atoms with Crippen molar-refractivity contribution < 1.29 is 14.3 Å². The van der Waals surface area contributed by atoms with Crippen molar-refractivity contribution >= 4 is 6.03 Å². The molecule has 0 heterocycles. The molecule has 2 N–H and O–H groups in total. The van der Waals surface area contributed by atoms with E-state index < -0.39 is 0 Å². The Bertz CT molecular complexity index is 841. The molecule has 158 valence electrons. The predicted molar refractivity (Wildman–Crippen MR) is 118 cm³/mol. The Morgan fingerprint density at radius 3 is 2.24 bits per heavy atom. The first-order chi connectivity index (χ1) is 13.6. The molecule has 0 aromatic heterocycles. The number of amides is 2. The lowest BCUT2D eigenvalue weighted by atomic mass is 9.85. The van der Waals surface area contributed by atoms with Crippen LogP contribution >= 0.6 is 0 Å². The number of hydrogen-bond donors (Lipinski definition) is 2. The Morgan fingerprint density at radius 1 is 1.00 bits per heavy atom. The summed E-state index contributed by atoms with van der Waals surface area (Å²) in [7, 11) is 0. The molecule has 5 nitrogen and oxygen atoms in total. The Kier molecular flexibility index (Phi) is 7.54. The molecule has 2 aromatic rings. The summed E-state index contributed by atoms with van der Waals surface area (Å²) in [5.74, 6) is 1.57.